The van der Waals surface area contributed by atoms with Crippen molar-refractivity contribution >= 4 is 22.4 Å². The van der Waals surface area contributed by atoms with Crippen LogP contribution in [0.3, 0.4) is 0 Å². The number of thiazole rings is 1. The molecular formula is C15H26N2O2S. The molecule has 0 aromatic carbocycles. The van der Waals surface area contributed by atoms with Crippen LogP contribution >= 0.6 is 11.3 Å². The van der Waals surface area contributed by atoms with E-state index < -0.39 is 0 Å². The van der Waals surface area contributed by atoms with Crippen LogP contribution in [-0.4, -0.2) is 30.6 Å². The zero-order valence-electron chi connectivity index (χ0n) is 13.0. The SMILES string of the molecule is CCCCN(c1nc(CCC(=O)OC)cs1)C(C)CC. The van der Waals surface area contributed by atoms with Gasteiger partial charge in [-0.1, -0.05) is 20.3 Å². The summed E-state index contributed by atoms with van der Waals surface area (Å²) in [5.74, 6) is -0.177. The lowest BCUT2D eigenvalue weighted by Gasteiger charge is -2.28. The summed E-state index contributed by atoms with van der Waals surface area (Å²) in [6, 6.07) is 0.501. The fourth-order valence-corrected chi connectivity index (χ4v) is 2.92. The maximum atomic E-state index is 11.2. The zero-order valence-corrected chi connectivity index (χ0v) is 13.8. The highest BCUT2D eigenvalue weighted by Gasteiger charge is 2.16. The van der Waals surface area contributed by atoms with Crippen LogP contribution < -0.4 is 4.90 Å². The maximum Gasteiger partial charge on any atom is 0.305 e. The number of aromatic nitrogens is 1. The molecule has 0 radical (unpaired) electrons. The number of anilines is 1. The minimum atomic E-state index is -0.177. The highest BCUT2D eigenvalue weighted by atomic mass is 32.1. The molecule has 1 heterocycles. The first kappa shape index (κ1) is 17.0. The summed E-state index contributed by atoms with van der Waals surface area (Å²) in [5, 5.41) is 3.13. The first-order valence-electron chi connectivity index (χ1n) is 7.40. The lowest BCUT2D eigenvalue weighted by atomic mass is 10.2. The molecule has 1 unspecified atom stereocenters. The van der Waals surface area contributed by atoms with E-state index in [0.29, 0.717) is 18.9 Å². The van der Waals surface area contributed by atoms with Crippen molar-refractivity contribution in [2.24, 2.45) is 0 Å². The van der Waals surface area contributed by atoms with E-state index in [9.17, 15) is 4.79 Å². The van der Waals surface area contributed by atoms with E-state index in [4.69, 9.17) is 0 Å². The number of esters is 1. The minimum absolute atomic E-state index is 0.177. The van der Waals surface area contributed by atoms with Crippen molar-refractivity contribution in [1.82, 2.24) is 4.98 Å². The van der Waals surface area contributed by atoms with E-state index in [-0.39, 0.29) is 5.97 Å². The summed E-state index contributed by atoms with van der Waals surface area (Å²) < 4.78 is 4.66. The van der Waals surface area contributed by atoms with Gasteiger partial charge < -0.3 is 9.64 Å². The molecule has 0 fully saturated rings. The molecule has 1 aromatic heterocycles. The van der Waals surface area contributed by atoms with Crippen LogP contribution in [-0.2, 0) is 16.0 Å². The predicted octanol–water partition coefficient (Wildman–Crippen LogP) is 3.65. The van der Waals surface area contributed by atoms with Gasteiger partial charge >= 0.3 is 5.97 Å². The predicted molar refractivity (Wildman–Crippen MR) is 84.5 cm³/mol. The number of ether oxygens (including phenoxy) is 1. The number of carbonyl (C=O) groups excluding carboxylic acids is 1. The van der Waals surface area contributed by atoms with Crippen molar-refractivity contribution in [2.75, 3.05) is 18.6 Å². The molecule has 1 atom stereocenters. The molecule has 4 nitrogen and oxygen atoms in total. The molecule has 0 spiro atoms. The number of nitrogens with zero attached hydrogens (tertiary/aromatic N) is 2. The lowest BCUT2D eigenvalue weighted by Crippen LogP contribution is -2.33. The monoisotopic (exact) mass is 298 g/mol. The van der Waals surface area contributed by atoms with Gasteiger partial charge in [-0.25, -0.2) is 4.98 Å². The smallest absolute Gasteiger partial charge is 0.305 e. The standard InChI is InChI=1S/C15H26N2O2S/c1-5-7-10-17(12(3)6-2)15-16-13(11-20-15)8-9-14(18)19-4/h11-12H,5-10H2,1-4H3. The summed E-state index contributed by atoms with van der Waals surface area (Å²) in [6.07, 6.45) is 4.54. The number of hydrogen-bond acceptors (Lipinski definition) is 5. The number of aryl methyl sites for hydroxylation is 1. The Morgan fingerprint density at radius 1 is 1.50 bits per heavy atom. The van der Waals surface area contributed by atoms with Crippen LogP contribution in [0.1, 0.15) is 52.1 Å². The molecule has 1 aromatic rings. The van der Waals surface area contributed by atoms with Crippen molar-refractivity contribution in [3.8, 4) is 0 Å². The third-order valence-electron chi connectivity index (χ3n) is 3.47. The van der Waals surface area contributed by atoms with Gasteiger partial charge in [-0.05, 0) is 19.8 Å². The molecule has 0 saturated carbocycles. The van der Waals surface area contributed by atoms with Gasteiger partial charge in [0.1, 0.15) is 0 Å². The maximum absolute atomic E-state index is 11.2. The number of hydrogen-bond donors (Lipinski definition) is 0. The Labute approximate surface area is 126 Å². The molecule has 114 valence electrons. The molecule has 5 heteroatoms. The van der Waals surface area contributed by atoms with E-state index in [1.165, 1.54) is 20.0 Å². The Kier molecular flexibility index (Phi) is 7.59. The lowest BCUT2D eigenvalue weighted by molar-refractivity contribution is -0.140. The molecule has 0 saturated heterocycles. The second kappa shape index (κ2) is 8.95. The van der Waals surface area contributed by atoms with E-state index in [1.54, 1.807) is 11.3 Å². The average molecular weight is 298 g/mol. The Bertz CT molecular complexity index is 406. The Hall–Kier alpha value is -1.10. The number of rotatable bonds is 9. The zero-order chi connectivity index (χ0) is 15.0. The minimum Gasteiger partial charge on any atom is -0.469 e. The summed E-state index contributed by atoms with van der Waals surface area (Å²) in [5.41, 5.74) is 0.986. The topological polar surface area (TPSA) is 42.4 Å². The van der Waals surface area contributed by atoms with Crippen LogP contribution in [0, 0.1) is 0 Å². The van der Waals surface area contributed by atoms with Gasteiger partial charge in [0, 0.05) is 24.4 Å². The van der Waals surface area contributed by atoms with Gasteiger partial charge in [0.2, 0.25) is 0 Å². The van der Waals surface area contributed by atoms with Crippen LogP contribution in [0.4, 0.5) is 5.13 Å². The van der Waals surface area contributed by atoms with Crippen molar-refractivity contribution in [3.05, 3.63) is 11.1 Å². The van der Waals surface area contributed by atoms with E-state index >= 15 is 0 Å². The highest BCUT2D eigenvalue weighted by Crippen LogP contribution is 2.24. The van der Waals surface area contributed by atoms with Crippen molar-refractivity contribution in [3.63, 3.8) is 0 Å². The summed E-state index contributed by atoms with van der Waals surface area (Å²) in [6.45, 7) is 7.70. The second-order valence-electron chi connectivity index (χ2n) is 5.00. The normalized spacial score (nSPS) is 12.2. The van der Waals surface area contributed by atoms with Gasteiger partial charge in [0.05, 0.1) is 19.2 Å². The van der Waals surface area contributed by atoms with Crippen LogP contribution in [0.5, 0.6) is 0 Å². The largest absolute Gasteiger partial charge is 0.469 e. The van der Waals surface area contributed by atoms with E-state index in [2.05, 4.69) is 40.8 Å². The molecule has 0 N–H and O–H groups in total. The van der Waals surface area contributed by atoms with Gasteiger partial charge in [-0.2, -0.15) is 0 Å². The Morgan fingerprint density at radius 3 is 2.85 bits per heavy atom. The number of unbranched alkanes of at least 4 members (excludes halogenated alkanes) is 1. The van der Waals surface area contributed by atoms with Crippen LogP contribution in [0.15, 0.2) is 5.38 Å². The molecular weight excluding hydrogens is 272 g/mol. The molecule has 0 aliphatic carbocycles. The molecule has 1 rings (SSSR count). The molecule has 0 aliphatic heterocycles. The van der Waals surface area contributed by atoms with E-state index in [1.807, 2.05) is 0 Å². The van der Waals surface area contributed by atoms with Gasteiger partial charge in [-0.3, -0.25) is 4.79 Å². The Morgan fingerprint density at radius 2 is 2.25 bits per heavy atom. The van der Waals surface area contributed by atoms with Crippen LogP contribution in [0.2, 0.25) is 0 Å². The summed E-state index contributed by atoms with van der Waals surface area (Å²) in [7, 11) is 1.42. The summed E-state index contributed by atoms with van der Waals surface area (Å²) >= 11 is 1.67. The van der Waals surface area contributed by atoms with Crippen molar-refractivity contribution < 1.29 is 9.53 Å². The number of methoxy groups -OCH3 is 1. The average Bonchev–Trinajstić information content (AvgIpc) is 2.93. The highest BCUT2D eigenvalue weighted by molar-refractivity contribution is 7.13. The molecule has 0 bridgehead atoms. The van der Waals surface area contributed by atoms with Crippen LogP contribution in [0.25, 0.3) is 0 Å². The molecule has 20 heavy (non-hydrogen) atoms. The van der Waals surface area contributed by atoms with E-state index in [0.717, 1.165) is 23.8 Å². The van der Waals surface area contributed by atoms with Gasteiger partial charge in [0.25, 0.3) is 0 Å². The third kappa shape index (κ3) is 5.12. The second-order valence-corrected chi connectivity index (χ2v) is 5.84. The first-order valence-corrected chi connectivity index (χ1v) is 8.28. The van der Waals surface area contributed by atoms with Gasteiger partial charge in [0.15, 0.2) is 5.13 Å². The quantitative estimate of drug-likeness (QED) is 0.653. The number of carbonyl (C=O) groups is 1. The fourth-order valence-electron chi connectivity index (χ4n) is 1.93. The van der Waals surface area contributed by atoms with Gasteiger partial charge in [-0.15, -0.1) is 11.3 Å². The Balaban J connectivity index is 2.67. The molecule has 0 aliphatic rings. The first-order chi connectivity index (χ1) is 9.62. The fraction of sp³-hybridized carbons (Fsp3) is 0.733. The van der Waals surface area contributed by atoms with Crippen molar-refractivity contribution in [1.29, 1.82) is 0 Å². The van der Waals surface area contributed by atoms with Crippen molar-refractivity contribution in [2.45, 2.75) is 58.9 Å². The third-order valence-corrected chi connectivity index (χ3v) is 4.40. The molecule has 0 amide bonds. The summed E-state index contributed by atoms with van der Waals surface area (Å²) in [4.78, 5) is 18.2.